The van der Waals surface area contributed by atoms with Gasteiger partial charge in [0, 0.05) is 25.5 Å². The Balaban J connectivity index is 1.75. The molecule has 0 fully saturated rings. The Morgan fingerprint density at radius 1 is 1.00 bits per heavy atom. The average molecular weight is 278 g/mol. The molecule has 5 heteroatoms. The average Bonchev–Trinajstić information content (AvgIpc) is 2.88. The molecule has 0 saturated carbocycles. The highest BCUT2D eigenvalue weighted by Gasteiger charge is 2.10. The summed E-state index contributed by atoms with van der Waals surface area (Å²) in [6, 6.07) is 13.1. The third-order valence-corrected chi connectivity index (χ3v) is 4.14. The SMILES string of the molecule is O=S(=O)(Cc1ccccc1)NCCCn1cccc1. The van der Waals surface area contributed by atoms with Crippen LogP contribution in [0, 0.1) is 0 Å². The summed E-state index contributed by atoms with van der Waals surface area (Å²) >= 11 is 0. The molecule has 1 heterocycles. The molecular weight excluding hydrogens is 260 g/mol. The first-order valence-electron chi connectivity index (χ1n) is 6.28. The number of nitrogens with zero attached hydrogens (tertiary/aromatic N) is 1. The number of aryl methyl sites for hydroxylation is 1. The van der Waals surface area contributed by atoms with E-state index in [1.807, 2.05) is 59.4 Å². The molecule has 0 radical (unpaired) electrons. The first-order chi connectivity index (χ1) is 9.16. The maximum Gasteiger partial charge on any atom is 0.215 e. The summed E-state index contributed by atoms with van der Waals surface area (Å²) in [5.74, 6) is 0.0390. The van der Waals surface area contributed by atoms with Gasteiger partial charge < -0.3 is 4.57 Å². The molecule has 102 valence electrons. The highest BCUT2D eigenvalue weighted by atomic mass is 32.2. The van der Waals surface area contributed by atoms with Gasteiger partial charge in [-0.15, -0.1) is 0 Å². The zero-order chi connectivity index (χ0) is 13.6. The van der Waals surface area contributed by atoms with Crippen LogP contribution in [0.4, 0.5) is 0 Å². The van der Waals surface area contributed by atoms with Gasteiger partial charge in [0.2, 0.25) is 10.0 Å². The molecule has 1 N–H and O–H groups in total. The maximum atomic E-state index is 11.8. The van der Waals surface area contributed by atoms with Crippen LogP contribution < -0.4 is 4.72 Å². The quantitative estimate of drug-likeness (QED) is 0.788. The van der Waals surface area contributed by atoms with E-state index in [1.165, 1.54) is 0 Å². The summed E-state index contributed by atoms with van der Waals surface area (Å²) < 4.78 is 28.3. The number of nitrogens with one attached hydrogen (secondary N) is 1. The van der Waals surface area contributed by atoms with Crippen molar-refractivity contribution in [3.05, 3.63) is 60.4 Å². The smallest absolute Gasteiger partial charge is 0.215 e. The minimum atomic E-state index is -3.23. The molecule has 0 saturated heterocycles. The van der Waals surface area contributed by atoms with E-state index in [0.29, 0.717) is 6.54 Å². The van der Waals surface area contributed by atoms with Crippen LogP contribution >= 0.6 is 0 Å². The number of sulfonamides is 1. The number of hydrogen-bond acceptors (Lipinski definition) is 2. The van der Waals surface area contributed by atoms with Crippen LogP contribution in [-0.2, 0) is 22.3 Å². The van der Waals surface area contributed by atoms with Crippen molar-refractivity contribution in [2.24, 2.45) is 0 Å². The molecule has 0 aliphatic carbocycles. The minimum Gasteiger partial charge on any atom is -0.354 e. The predicted molar refractivity (Wildman–Crippen MR) is 76.1 cm³/mol. The fourth-order valence-corrected chi connectivity index (χ4v) is 3.04. The third-order valence-electron chi connectivity index (χ3n) is 2.78. The Hall–Kier alpha value is -1.59. The van der Waals surface area contributed by atoms with E-state index in [4.69, 9.17) is 0 Å². The topological polar surface area (TPSA) is 51.1 Å². The Kier molecular flexibility index (Phi) is 4.76. The lowest BCUT2D eigenvalue weighted by atomic mass is 10.2. The van der Waals surface area contributed by atoms with Gasteiger partial charge in [0.25, 0.3) is 0 Å². The second-order valence-electron chi connectivity index (χ2n) is 4.41. The van der Waals surface area contributed by atoms with Gasteiger partial charge in [0.05, 0.1) is 5.75 Å². The van der Waals surface area contributed by atoms with Gasteiger partial charge >= 0.3 is 0 Å². The molecule has 19 heavy (non-hydrogen) atoms. The lowest BCUT2D eigenvalue weighted by Crippen LogP contribution is -2.26. The van der Waals surface area contributed by atoms with Crippen LogP contribution in [0.3, 0.4) is 0 Å². The molecule has 0 unspecified atom stereocenters. The molecule has 1 aromatic carbocycles. The Morgan fingerprint density at radius 2 is 1.68 bits per heavy atom. The van der Waals surface area contributed by atoms with Crippen molar-refractivity contribution >= 4 is 10.0 Å². The van der Waals surface area contributed by atoms with E-state index >= 15 is 0 Å². The van der Waals surface area contributed by atoms with Crippen LogP contribution in [0.1, 0.15) is 12.0 Å². The number of hydrogen-bond donors (Lipinski definition) is 1. The van der Waals surface area contributed by atoms with Crippen molar-refractivity contribution in [2.45, 2.75) is 18.7 Å². The van der Waals surface area contributed by atoms with Crippen molar-refractivity contribution in [1.82, 2.24) is 9.29 Å². The lowest BCUT2D eigenvalue weighted by molar-refractivity contribution is 0.569. The van der Waals surface area contributed by atoms with Crippen molar-refractivity contribution in [3.8, 4) is 0 Å². The summed E-state index contributed by atoms with van der Waals surface area (Å²) in [5.41, 5.74) is 0.806. The largest absolute Gasteiger partial charge is 0.354 e. The van der Waals surface area contributed by atoms with E-state index in [0.717, 1.165) is 18.5 Å². The van der Waals surface area contributed by atoms with Crippen molar-refractivity contribution in [2.75, 3.05) is 6.54 Å². The normalized spacial score (nSPS) is 11.6. The molecule has 2 aromatic rings. The van der Waals surface area contributed by atoms with Gasteiger partial charge in [-0.1, -0.05) is 30.3 Å². The molecule has 0 aliphatic heterocycles. The Morgan fingerprint density at radius 3 is 2.37 bits per heavy atom. The van der Waals surface area contributed by atoms with E-state index in [9.17, 15) is 8.42 Å². The molecule has 0 atom stereocenters. The zero-order valence-electron chi connectivity index (χ0n) is 10.7. The summed E-state index contributed by atoms with van der Waals surface area (Å²) in [6.45, 7) is 1.29. The number of rotatable bonds is 7. The Labute approximate surface area is 114 Å². The summed E-state index contributed by atoms with van der Waals surface area (Å²) in [6.07, 6.45) is 4.72. The van der Waals surface area contributed by atoms with Gasteiger partial charge in [-0.3, -0.25) is 0 Å². The molecule has 0 aliphatic rings. The van der Waals surface area contributed by atoms with Crippen LogP contribution in [-0.4, -0.2) is 19.5 Å². The Bertz CT molecular complexity index is 577. The first-order valence-corrected chi connectivity index (χ1v) is 7.93. The van der Waals surface area contributed by atoms with Gasteiger partial charge in [-0.2, -0.15) is 0 Å². The van der Waals surface area contributed by atoms with Gasteiger partial charge in [0.15, 0.2) is 0 Å². The molecule has 1 aromatic heterocycles. The zero-order valence-corrected chi connectivity index (χ0v) is 11.5. The molecular formula is C14H18N2O2S. The summed E-state index contributed by atoms with van der Waals surface area (Å²) in [4.78, 5) is 0. The molecule has 2 rings (SSSR count). The molecule has 0 amide bonds. The van der Waals surface area contributed by atoms with Gasteiger partial charge in [-0.25, -0.2) is 13.1 Å². The van der Waals surface area contributed by atoms with E-state index < -0.39 is 10.0 Å². The third kappa shape index (κ3) is 4.89. The van der Waals surface area contributed by atoms with Crippen LogP contribution in [0.15, 0.2) is 54.9 Å². The van der Waals surface area contributed by atoms with Crippen LogP contribution in [0.5, 0.6) is 0 Å². The second-order valence-corrected chi connectivity index (χ2v) is 6.22. The highest BCUT2D eigenvalue weighted by molar-refractivity contribution is 7.88. The first kappa shape index (κ1) is 13.8. The molecule has 4 nitrogen and oxygen atoms in total. The summed E-state index contributed by atoms with van der Waals surface area (Å²) in [7, 11) is -3.23. The standard InChI is InChI=1S/C14H18N2O2S/c17-19(18,13-14-7-2-1-3-8-14)15-9-6-12-16-10-4-5-11-16/h1-5,7-8,10-11,15H,6,9,12-13H2. The number of benzene rings is 1. The van der Waals surface area contributed by atoms with E-state index in [1.54, 1.807) is 0 Å². The van der Waals surface area contributed by atoms with E-state index in [2.05, 4.69) is 4.72 Å². The lowest BCUT2D eigenvalue weighted by Gasteiger charge is -2.07. The van der Waals surface area contributed by atoms with Crippen LogP contribution in [0.2, 0.25) is 0 Å². The van der Waals surface area contributed by atoms with Gasteiger partial charge in [0.1, 0.15) is 0 Å². The highest BCUT2D eigenvalue weighted by Crippen LogP contribution is 2.04. The van der Waals surface area contributed by atoms with E-state index in [-0.39, 0.29) is 5.75 Å². The summed E-state index contributed by atoms with van der Waals surface area (Å²) in [5, 5.41) is 0. The van der Waals surface area contributed by atoms with Crippen molar-refractivity contribution in [3.63, 3.8) is 0 Å². The van der Waals surface area contributed by atoms with Crippen molar-refractivity contribution in [1.29, 1.82) is 0 Å². The maximum absolute atomic E-state index is 11.8. The minimum absolute atomic E-state index is 0.0390. The van der Waals surface area contributed by atoms with Crippen molar-refractivity contribution < 1.29 is 8.42 Å². The molecule has 0 spiro atoms. The number of aromatic nitrogens is 1. The molecule has 0 bridgehead atoms. The fourth-order valence-electron chi connectivity index (χ4n) is 1.85. The monoisotopic (exact) mass is 278 g/mol. The van der Waals surface area contributed by atoms with Gasteiger partial charge in [-0.05, 0) is 24.1 Å². The second kappa shape index (κ2) is 6.54. The van der Waals surface area contributed by atoms with Crippen LogP contribution in [0.25, 0.3) is 0 Å². The predicted octanol–water partition coefficient (Wildman–Crippen LogP) is 2.00. The fraction of sp³-hybridized carbons (Fsp3) is 0.286.